The number of nitrogens with zero attached hydrogens (tertiary/aromatic N) is 1. The van der Waals surface area contributed by atoms with E-state index in [0.717, 1.165) is 0 Å². The Morgan fingerprint density at radius 3 is 3.00 bits per heavy atom. The predicted molar refractivity (Wildman–Crippen MR) is 53.3 cm³/mol. The minimum Gasteiger partial charge on any atom is -0.494 e. The summed E-state index contributed by atoms with van der Waals surface area (Å²) in [4.78, 5) is 4.03. The van der Waals surface area contributed by atoms with E-state index in [4.69, 9.17) is 16.3 Å². The number of aromatic nitrogens is 1. The SMILES string of the molecule is COc1cc(Cl)c(F)c2cccnc12. The van der Waals surface area contributed by atoms with Crippen molar-refractivity contribution in [3.05, 3.63) is 35.2 Å². The van der Waals surface area contributed by atoms with Crippen molar-refractivity contribution in [2.24, 2.45) is 0 Å². The number of rotatable bonds is 1. The van der Waals surface area contributed by atoms with Gasteiger partial charge in [0.15, 0.2) is 5.82 Å². The van der Waals surface area contributed by atoms with Gasteiger partial charge in [0.2, 0.25) is 0 Å². The van der Waals surface area contributed by atoms with E-state index in [1.807, 2.05) is 0 Å². The molecule has 0 bridgehead atoms. The largest absolute Gasteiger partial charge is 0.494 e. The molecule has 0 fully saturated rings. The fraction of sp³-hybridized carbons (Fsp3) is 0.100. The van der Waals surface area contributed by atoms with Gasteiger partial charge in [0, 0.05) is 17.6 Å². The van der Waals surface area contributed by atoms with Crippen molar-refractivity contribution in [3.8, 4) is 5.75 Å². The Bertz CT molecular complexity index is 487. The van der Waals surface area contributed by atoms with Crippen molar-refractivity contribution in [1.29, 1.82) is 0 Å². The molecule has 1 aromatic heterocycles. The maximum atomic E-state index is 13.5. The molecule has 1 aromatic carbocycles. The highest BCUT2D eigenvalue weighted by molar-refractivity contribution is 6.31. The first kappa shape index (κ1) is 9.21. The molecular weight excluding hydrogens is 205 g/mol. The molecule has 0 unspecified atom stereocenters. The molecule has 14 heavy (non-hydrogen) atoms. The number of pyridine rings is 1. The van der Waals surface area contributed by atoms with Crippen LogP contribution in [0.2, 0.25) is 5.02 Å². The van der Waals surface area contributed by atoms with Crippen molar-refractivity contribution in [2.75, 3.05) is 7.11 Å². The molecule has 0 amide bonds. The second-order valence-corrected chi connectivity index (χ2v) is 3.18. The number of hydrogen-bond acceptors (Lipinski definition) is 2. The Labute approximate surface area is 85.3 Å². The Morgan fingerprint density at radius 1 is 1.50 bits per heavy atom. The van der Waals surface area contributed by atoms with Gasteiger partial charge in [-0.05, 0) is 12.1 Å². The normalized spacial score (nSPS) is 10.5. The average Bonchev–Trinajstić information content (AvgIpc) is 2.23. The molecular formula is C10H7ClFNO. The monoisotopic (exact) mass is 211 g/mol. The van der Waals surface area contributed by atoms with Crippen molar-refractivity contribution in [2.45, 2.75) is 0 Å². The van der Waals surface area contributed by atoms with Crippen LogP contribution in [0.25, 0.3) is 10.9 Å². The van der Waals surface area contributed by atoms with E-state index in [1.165, 1.54) is 13.2 Å². The van der Waals surface area contributed by atoms with Gasteiger partial charge in [-0.2, -0.15) is 0 Å². The van der Waals surface area contributed by atoms with Crippen LogP contribution < -0.4 is 4.74 Å². The Kier molecular flexibility index (Phi) is 2.25. The van der Waals surface area contributed by atoms with Crippen molar-refractivity contribution in [1.82, 2.24) is 4.98 Å². The lowest BCUT2D eigenvalue weighted by Gasteiger charge is -2.06. The van der Waals surface area contributed by atoms with Crippen molar-refractivity contribution < 1.29 is 9.13 Å². The van der Waals surface area contributed by atoms with Crippen LogP contribution in [0, 0.1) is 5.82 Å². The Hall–Kier alpha value is -1.35. The summed E-state index contributed by atoms with van der Waals surface area (Å²) in [6, 6.07) is 4.69. The Morgan fingerprint density at radius 2 is 2.29 bits per heavy atom. The van der Waals surface area contributed by atoms with Crippen LogP contribution >= 0.6 is 11.6 Å². The highest BCUT2D eigenvalue weighted by Crippen LogP contribution is 2.31. The maximum absolute atomic E-state index is 13.5. The van der Waals surface area contributed by atoms with Crippen LogP contribution in [0.15, 0.2) is 24.4 Å². The molecule has 0 saturated heterocycles. The summed E-state index contributed by atoms with van der Waals surface area (Å²) in [7, 11) is 1.50. The standard InChI is InChI=1S/C10H7ClFNO/c1-14-8-5-7(11)9(12)6-3-2-4-13-10(6)8/h2-5H,1H3. The number of halogens is 2. The fourth-order valence-corrected chi connectivity index (χ4v) is 1.51. The van der Waals surface area contributed by atoms with Gasteiger partial charge in [0.05, 0.1) is 12.1 Å². The number of ether oxygens (including phenoxy) is 1. The molecule has 0 aliphatic carbocycles. The lowest BCUT2D eigenvalue weighted by molar-refractivity contribution is 0.418. The van der Waals surface area contributed by atoms with Crippen LogP contribution in [0.5, 0.6) is 5.75 Å². The van der Waals surface area contributed by atoms with E-state index in [1.54, 1.807) is 18.3 Å². The van der Waals surface area contributed by atoms with Gasteiger partial charge in [-0.15, -0.1) is 0 Å². The van der Waals surface area contributed by atoms with E-state index < -0.39 is 5.82 Å². The second-order valence-electron chi connectivity index (χ2n) is 2.77. The molecule has 2 rings (SSSR count). The third-order valence-corrected chi connectivity index (χ3v) is 2.24. The molecule has 4 heteroatoms. The summed E-state index contributed by atoms with van der Waals surface area (Å²) in [6.07, 6.45) is 1.58. The van der Waals surface area contributed by atoms with Crippen LogP contribution in [0.4, 0.5) is 4.39 Å². The molecule has 1 heterocycles. The van der Waals surface area contributed by atoms with Gasteiger partial charge in [0.1, 0.15) is 11.3 Å². The number of benzene rings is 1. The zero-order chi connectivity index (χ0) is 10.1. The van der Waals surface area contributed by atoms with Crippen molar-refractivity contribution >= 4 is 22.5 Å². The lowest BCUT2D eigenvalue weighted by atomic mass is 10.2. The smallest absolute Gasteiger partial charge is 0.151 e. The van der Waals surface area contributed by atoms with E-state index >= 15 is 0 Å². The number of methoxy groups -OCH3 is 1. The highest BCUT2D eigenvalue weighted by atomic mass is 35.5. The maximum Gasteiger partial charge on any atom is 0.151 e. The zero-order valence-electron chi connectivity index (χ0n) is 7.42. The van der Waals surface area contributed by atoms with Gasteiger partial charge in [-0.1, -0.05) is 11.6 Å². The predicted octanol–water partition coefficient (Wildman–Crippen LogP) is 3.04. The van der Waals surface area contributed by atoms with Gasteiger partial charge < -0.3 is 4.74 Å². The molecule has 0 radical (unpaired) electrons. The third-order valence-electron chi connectivity index (χ3n) is 1.96. The summed E-state index contributed by atoms with van der Waals surface area (Å²) in [5, 5.41) is 0.416. The average molecular weight is 212 g/mol. The van der Waals surface area contributed by atoms with E-state index in [9.17, 15) is 4.39 Å². The molecule has 0 N–H and O–H groups in total. The minimum absolute atomic E-state index is 0.0438. The molecule has 0 atom stereocenters. The van der Waals surface area contributed by atoms with Crippen LogP contribution in [0.1, 0.15) is 0 Å². The summed E-state index contributed by atoms with van der Waals surface area (Å²) < 4.78 is 18.5. The quantitative estimate of drug-likeness (QED) is 0.723. The number of hydrogen-bond donors (Lipinski definition) is 0. The topological polar surface area (TPSA) is 22.1 Å². The van der Waals surface area contributed by atoms with Gasteiger partial charge in [-0.3, -0.25) is 4.98 Å². The van der Waals surface area contributed by atoms with Crippen LogP contribution in [-0.4, -0.2) is 12.1 Å². The molecule has 0 aliphatic heterocycles. The Balaban J connectivity index is 2.89. The van der Waals surface area contributed by atoms with Gasteiger partial charge in [-0.25, -0.2) is 4.39 Å². The fourth-order valence-electron chi connectivity index (χ4n) is 1.31. The number of fused-ring (bicyclic) bond motifs is 1. The summed E-state index contributed by atoms with van der Waals surface area (Å²) in [6.45, 7) is 0. The lowest BCUT2D eigenvalue weighted by Crippen LogP contribution is -1.90. The molecule has 2 nitrogen and oxygen atoms in total. The molecule has 0 spiro atoms. The summed E-state index contributed by atoms with van der Waals surface area (Å²) >= 11 is 5.69. The van der Waals surface area contributed by atoms with E-state index in [0.29, 0.717) is 16.7 Å². The summed E-state index contributed by atoms with van der Waals surface area (Å²) in [5.74, 6) is 0.0163. The highest BCUT2D eigenvalue weighted by Gasteiger charge is 2.11. The molecule has 0 aliphatic rings. The van der Waals surface area contributed by atoms with Gasteiger partial charge in [0.25, 0.3) is 0 Å². The summed E-state index contributed by atoms with van der Waals surface area (Å²) in [5.41, 5.74) is 0.483. The molecule has 72 valence electrons. The van der Waals surface area contributed by atoms with Gasteiger partial charge >= 0.3 is 0 Å². The molecule has 2 aromatic rings. The first-order chi connectivity index (χ1) is 6.74. The minimum atomic E-state index is -0.462. The first-order valence-electron chi connectivity index (χ1n) is 4.00. The van der Waals surface area contributed by atoms with Crippen LogP contribution in [-0.2, 0) is 0 Å². The van der Waals surface area contributed by atoms with Crippen LogP contribution in [0.3, 0.4) is 0 Å². The van der Waals surface area contributed by atoms with Crippen molar-refractivity contribution in [3.63, 3.8) is 0 Å². The van der Waals surface area contributed by atoms with E-state index in [2.05, 4.69) is 4.98 Å². The zero-order valence-corrected chi connectivity index (χ0v) is 8.18. The second kappa shape index (κ2) is 3.42. The third kappa shape index (κ3) is 1.30. The first-order valence-corrected chi connectivity index (χ1v) is 4.38. The molecule has 0 saturated carbocycles. The van der Waals surface area contributed by atoms with E-state index in [-0.39, 0.29) is 5.02 Å².